The maximum Gasteiger partial charge on any atom is 0.270 e. The molecule has 0 radical (unpaired) electrons. The molecule has 102 valence electrons. The van der Waals surface area contributed by atoms with E-state index in [0.717, 1.165) is 26.8 Å². The Hall–Kier alpha value is -0.760. The number of carbonyl (C=O) groups is 1. The van der Waals surface area contributed by atoms with Gasteiger partial charge in [0.05, 0.1) is 8.66 Å². The maximum absolute atomic E-state index is 11.9. The predicted molar refractivity (Wildman–Crippen MR) is 84.0 cm³/mol. The second-order valence-corrected chi connectivity index (χ2v) is 7.07. The van der Waals surface area contributed by atoms with Crippen LogP contribution in [0.5, 0.6) is 0 Å². The van der Waals surface area contributed by atoms with Crippen LogP contribution in [0.15, 0.2) is 21.3 Å². The number of thiophene rings is 1. The zero-order valence-electron chi connectivity index (χ0n) is 10.4. The van der Waals surface area contributed by atoms with E-state index in [-0.39, 0.29) is 5.91 Å². The highest BCUT2D eigenvalue weighted by Gasteiger charge is 2.12. The van der Waals surface area contributed by atoms with Gasteiger partial charge in [0.1, 0.15) is 10.7 Å². The number of aromatic nitrogens is 1. The van der Waals surface area contributed by atoms with Gasteiger partial charge in [-0.05, 0) is 34.6 Å². The topological polar surface area (TPSA) is 54.0 Å². The van der Waals surface area contributed by atoms with Gasteiger partial charge in [0.2, 0.25) is 0 Å². The van der Waals surface area contributed by atoms with E-state index in [9.17, 15) is 4.79 Å². The molecule has 19 heavy (non-hydrogen) atoms. The maximum atomic E-state index is 11.9. The van der Waals surface area contributed by atoms with Crippen molar-refractivity contribution in [3.63, 3.8) is 0 Å². The molecule has 0 spiro atoms. The van der Waals surface area contributed by atoms with Crippen molar-refractivity contribution in [2.75, 3.05) is 19.6 Å². The molecule has 2 rings (SSSR count). The van der Waals surface area contributed by atoms with Crippen LogP contribution in [0.2, 0.25) is 0 Å². The highest BCUT2D eigenvalue weighted by Crippen LogP contribution is 2.33. The Morgan fingerprint density at radius 2 is 2.26 bits per heavy atom. The van der Waals surface area contributed by atoms with Crippen molar-refractivity contribution in [3.8, 4) is 9.88 Å². The molecular formula is C12H14BrN3OS2. The first-order valence-electron chi connectivity index (χ1n) is 5.91. The number of hydrogen-bond acceptors (Lipinski definition) is 5. The molecule has 4 nitrogen and oxygen atoms in total. The van der Waals surface area contributed by atoms with E-state index in [1.165, 1.54) is 11.3 Å². The zero-order valence-corrected chi connectivity index (χ0v) is 13.6. The molecule has 0 aromatic carbocycles. The molecule has 2 N–H and O–H groups in total. The molecule has 1 amide bonds. The van der Waals surface area contributed by atoms with Crippen LogP contribution in [0, 0.1) is 0 Å². The van der Waals surface area contributed by atoms with Crippen LogP contribution in [0.25, 0.3) is 9.88 Å². The summed E-state index contributed by atoms with van der Waals surface area (Å²) < 4.78 is 1.06. The summed E-state index contributed by atoms with van der Waals surface area (Å²) in [6.45, 7) is 4.33. The molecule has 0 unspecified atom stereocenters. The van der Waals surface area contributed by atoms with Crippen molar-refractivity contribution in [2.24, 2.45) is 0 Å². The predicted octanol–water partition coefficient (Wildman–Crippen LogP) is 2.97. The van der Waals surface area contributed by atoms with Gasteiger partial charge in [-0.1, -0.05) is 6.92 Å². The lowest BCUT2D eigenvalue weighted by Gasteiger charge is -2.02. The van der Waals surface area contributed by atoms with Crippen LogP contribution in [0.4, 0.5) is 0 Å². The van der Waals surface area contributed by atoms with Crippen molar-refractivity contribution in [1.29, 1.82) is 0 Å². The summed E-state index contributed by atoms with van der Waals surface area (Å²) in [5.41, 5.74) is 0.487. The van der Waals surface area contributed by atoms with E-state index in [1.807, 2.05) is 19.1 Å². The largest absolute Gasteiger partial charge is 0.349 e. The average molecular weight is 360 g/mol. The fourth-order valence-corrected chi connectivity index (χ4v) is 3.71. The van der Waals surface area contributed by atoms with Gasteiger partial charge < -0.3 is 10.6 Å². The van der Waals surface area contributed by atoms with Gasteiger partial charge in [-0.2, -0.15) is 0 Å². The molecule has 0 aliphatic rings. The number of halogens is 1. The fourth-order valence-electron chi connectivity index (χ4n) is 1.45. The molecule has 0 saturated carbocycles. The van der Waals surface area contributed by atoms with Gasteiger partial charge >= 0.3 is 0 Å². The quantitative estimate of drug-likeness (QED) is 0.779. The molecule has 2 aromatic heterocycles. The third kappa shape index (κ3) is 4.10. The Morgan fingerprint density at radius 1 is 1.42 bits per heavy atom. The van der Waals surface area contributed by atoms with E-state index in [0.29, 0.717) is 12.2 Å². The highest BCUT2D eigenvalue weighted by molar-refractivity contribution is 9.11. The lowest BCUT2D eigenvalue weighted by Crippen LogP contribution is -2.31. The number of thiazole rings is 1. The molecule has 0 saturated heterocycles. The third-order valence-electron chi connectivity index (χ3n) is 2.36. The number of rotatable bonds is 6. The van der Waals surface area contributed by atoms with Crippen LogP contribution in [0.3, 0.4) is 0 Å². The smallest absolute Gasteiger partial charge is 0.270 e. The van der Waals surface area contributed by atoms with Crippen LogP contribution < -0.4 is 10.6 Å². The van der Waals surface area contributed by atoms with Crippen molar-refractivity contribution in [1.82, 2.24) is 15.6 Å². The Kier molecular flexibility index (Phi) is 5.50. The Labute approximate surface area is 128 Å². The SMILES string of the molecule is CCNCCNC(=O)c1csc(-c2ccc(Br)s2)n1. The Morgan fingerprint density at radius 3 is 2.95 bits per heavy atom. The first-order valence-corrected chi connectivity index (χ1v) is 8.39. The summed E-state index contributed by atoms with van der Waals surface area (Å²) in [6.07, 6.45) is 0. The van der Waals surface area contributed by atoms with E-state index >= 15 is 0 Å². The van der Waals surface area contributed by atoms with Crippen LogP contribution in [0.1, 0.15) is 17.4 Å². The molecule has 2 aromatic rings. The lowest BCUT2D eigenvalue weighted by atomic mass is 10.4. The van der Waals surface area contributed by atoms with Crippen molar-refractivity contribution in [3.05, 3.63) is 27.0 Å². The number of likely N-dealkylation sites (N-methyl/N-ethyl adjacent to an activating group) is 1. The first-order chi connectivity index (χ1) is 9.20. The second-order valence-electron chi connectivity index (χ2n) is 3.75. The summed E-state index contributed by atoms with van der Waals surface area (Å²) in [6, 6.07) is 3.98. The van der Waals surface area contributed by atoms with E-state index in [1.54, 1.807) is 16.7 Å². The summed E-state index contributed by atoms with van der Waals surface area (Å²) in [5.74, 6) is -0.115. The van der Waals surface area contributed by atoms with Crippen molar-refractivity contribution in [2.45, 2.75) is 6.92 Å². The standard InChI is InChI=1S/C12H14BrN3OS2/c1-2-14-5-6-15-11(17)8-7-18-12(16-8)9-3-4-10(13)19-9/h3-4,7,14H,2,5-6H2,1H3,(H,15,17). The summed E-state index contributed by atoms with van der Waals surface area (Å²) in [5, 5.41) is 8.67. The molecule has 7 heteroatoms. The average Bonchev–Trinajstić information content (AvgIpc) is 3.02. The minimum atomic E-state index is -0.115. The van der Waals surface area contributed by atoms with Gasteiger partial charge in [0, 0.05) is 18.5 Å². The summed E-state index contributed by atoms with van der Waals surface area (Å²) >= 11 is 6.53. The Balaban J connectivity index is 1.95. The number of nitrogens with zero attached hydrogens (tertiary/aromatic N) is 1. The molecule has 2 heterocycles. The normalized spacial score (nSPS) is 10.6. The van der Waals surface area contributed by atoms with E-state index in [2.05, 4.69) is 31.5 Å². The van der Waals surface area contributed by atoms with Gasteiger partial charge in [0.15, 0.2) is 0 Å². The van der Waals surface area contributed by atoms with Crippen LogP contribution in [-0.4, -0.2) is 30.5 Å². The van der Waals surface area contributed by atoms with Crippen molar-refractivity contribution >= 4 is 44.5 Å². The Bertz CT molecular complexity index is 553. The summed E-state index contributed by atoms with van der Waals surface area (Å²) in [7, 11) is 0. The monoisotopic (exact) mass is 359 g/mol. The minimum absolute atomic E-state index is 0.115. The molecule has 0 atom stereocenters. The zero-order chi connectivity index (χ0) is 13.7. The molecule has 0 aliphatic carbocycles. The second kappa shape index (κ2) is 7.14. The molecule has 0 aliphatic heterocycles. The number of nitrogens with one attached hydrogen (secondary N) is 2. The van der Waals surface area contributed by atoms with Gasteiger partial charge in [-0.3, -0.25) is 4.79 Å². The minimum Gasteiger partial charge on any atom is -0.349 e. The van der Waals surface area contributed by atoms with Gasteiger partial charge in [-0.15, -0.1) is 22.7 Å². The van der Waals surface area contributed by atoms with E-state index in [4.69, 9.17) is 0 Å². The number of amides is 1. The lowest BCUT2D eigenvalue weighted by molar-refractivity contribution is 0.0950. The summed E-state index contributed by atoms with van der Waals surface area (Å²) in [4.78, 5) is 17.3. The fraction of sp³-hybridized carbons (Fsp3) is 0.333. The molecule has 0 fully saturated rings. The number of carbonyl (C=O) groups excluding carboxylic acids is 1. The third-order valence-corrected chi connectivity index (χ3v) is 4.99. The van der Waals surface area contributed by atoms with Crippen molar-refractivity contribution < 1.29 is 4.79 Å². The first kappa shape index (κ1) is 14.6. The van der Waals surface area contributed by atoms with E-state index < -0.39 is 0 Å². The van der Waals surface area contributed by atoms with Gasteiger partial charge in [0.25, 0.3) is 5.91 Å². The number of hydrogen-bond donors (Lipinski definition) is 2. The molecule has 0 bridgehead atoms. The van der Waals surface area contributed by atoms with Crippen LogP contribution in [-0.2, 0) is 0 Å². The molecular weight excluding hydrogens is 346 g/mol. The van der Waals surface area contributed by atoms with Crippen LogP contribution >= 0.6 is 38.6 Å². The van der Waals surface area contributed by atoms with Gasteiger partial charge in [-0.25, -0.2) is 4.98 Å². The highest BCUT2D eigenvalue weighted by atomic mass is 79.9.